The maximum Gasteiger partial charge on any atom is 0.573 e. The van der Waals surface area contributed by atoms with Gasteiger partial charge in [-0.2, -0.15) is 20.2 Å². The van der Waals surface area contributed by atoms with Crippen LogP contribution >= 0.6 is 0 Å². The number of fused-ring (bicyclic) bond motifs is 2. The summed E-state index contributed by atoms with van der Waals surface area (Å²) in [5, 5.41) is 19.4. The molecular weight excluding hydrogens is 774 g/mol. The number of benzene rings is 2. The smallest absolute Gasteiger partial charge is 0.497 e. The lowest BCUT2D eigenvalue weighted by molar-refractivity contribution is -0.274. The molecule has 0 aliphatic carbocycles. The van der Waals surface area contributed by atoms with Gasteiger partial charge in [0.25, 0.3) is 11.1 Å². The number of methoxy groups -OCH3 is 2. The maximum atomic E-state index is 12.5. The number of H-pyrrole nitrogens is 2. The highest BCUT2D eigenvalue weighted by Crippen LogP contribution is 2.31. The molecule has 0 saturated carbocycles. The SMILES string of the molecule is COc1cc(Nc2nc(N3CCCCCC3)nc3cn[nH]c(=O)c23)cc(OC)c1.O=c1[nH]ncc2nc(N3CCCCCC3)nc(Nc3ccc(OC(F)(F)F)cc3)c12. The molecule has 0 radical (unpaired) electrons. The van der Waals surface area contributed by atoms with Crippen molar-refractivity contribution in [2.24, 2.45) is 0 Å². The van der Waals surface area contributed by atoms with E-state index in [-0.39, 0.29) is 22.5 Å². The van der Waals surface area contributed by atoms with Crippen LogP contribution in [0.15, 0.2) is 64.4 Å². The molecule has 2 fully saturated rings. The molecule has 8 rings (SSSR count). The average Bonchev–Trinajstić information content (AvgIpc) is 3.68. The number of hydrogen-bond donors (Lipinski definition) is 4. The number of aromatic nitrogens is 8. The van der Waals surface area contributed by atoms with Crippen molar-refractivity contribution < 1.29 is 27.4 Å². The van der Waals surface area contributed by atoms with Gasteiger partial charge in [0.15, 0.2) is 0 Å². The van der Waals surface area contributed by atoms with Gasteiger partial charge in [0, 0.05) is 55.8 Å². The van der Waals surface area contributed by atoms with Gasteiger partial charge in [-0.25, -0.2) is 20.2 Å². The van der Waals surface area contributed by atoms with Crippen molar-refractivity contribution in [2.45, 2.75) is 57.7 Å². The van der Waals surface area contributed by atoms with Crippen LogP contribution in [-0.4, -0.2) is 87.1 Å². The summed E-state index contributed by atoms with van der Waals surface area (Å²) in [5.41, 5.74) is 1.21. The summed E-state index contributed by atoms with van der Waals surface area (Å²) >= 11 is 0. The van der Waals surface area contributed by atoms with Crippen LogP contribution in [0.3, 0.4) is 0 Å². The quantitative estimate of drug-likeness (QED) is 0.122. The Morgan fingerprint density at radius 1 is 0.593 bits per heavy atom. The number of alkyl halides is 3. The molecule has 0 amide bonds. The third-order valence-electron chi connectivity index (χ3n) is 9.75. The summed E-state index contributed by atoms with van der Waals surface area (Å²) < 4.78 is 51.6. The van der Waals surface area contributed by atoms with Gasteiger partial charge in [0.2, 0.25) is 11.9 Å². The largest absolute Gasteiger partial charge is 0.573 e. The Morgan fingerprint density at radius 2 is 1.03 bits per heavy atom. The van der Waals surface area contributed by atoms with Gasteiger partial charge in [0.05, 0.1) is 26.6 Å². The topological polar surface area (TPSA) is 201 Å². The minimum atomic E-state index is -4.76. The van der Waals surface area contributed by atoms with Crippen molar-refractivity contribution in [1.29, 1.82) is 0 Å². The molecule has 6 heterocycles. The first-order valence-corrected chi connectivity index (χ1v) is 19.2. The van der Waals surface area contributed by atoms with Crippen molar-refractivity contribution in [3.05, 3.63) is 75.6 Å². The van der Waals surface area contributed by atoms with Gasteiger partial charge in [-0.3, -0.25) is 9.59 Å². The molecule has 2 saturated heterocycles. The van der Waals surface area contributed by atoms with Gasteiger partial charge in [-0.05, 0) is 49.9 Å². The number of anilines is 6. The molecule has 0 bridgehead atoms. The summed E-state index contributed by atoms with van der Waals surface area (Å²) in [6.45, 7) is 3.42. The Kier molecular flexibility index (Phi) is 12.5. The second-order valence-corrected chi connectivity index (χ2v) is 13.9. The Bertz CT molecular complexity index is 2460. The van der Waals surface area contributed by atoms with E-state index in [1.54, 1.807) is 26.5 Å². The predicted octanol–water partition coefficient (Wildman–Crippen LogP) is 6.59. The van der Waals surface area contributed by atoms with E-state index in [4.69, 9.17) is 14.5 Å². The molecule has 0 atom stereocenters. The van der Waals surface area contributed by atoms with E-state index in [1.807, 2.05) is 12.1 Å². The minimum Gasteiger partial charge on any atom is -0.497 e. The second-order valence-electron chi connectivity index (χ2n) is 13.9. The Hall–Kier alpha value is -6.73. The molecule has 17 nitrogen and oxygen atoms in total. The lowest BCUT2D eigenvalue weighted by Gasteiger charge is -2.21. The van der Waals surface area contributed by atoms with Gasteiger partial charge in [-0.1, -0.05) is 25.7 Å². The minimum absolute atomic E-state index is 0.221. The Morgan fingerprint density at radius 3 is 1.46 bits per heavy atom. The van der Waals surface area contributed by atoms with Crippen molar-refractivity contribution >= 4 is 56.7 Å². The molecule has 4 N–H and O–H groups in total. The first kappa shape index (κ1) is 40.5. The number of aromatic amines is 2. The fourth-order valence-electron chi connectivity index (χ4n) is 6.88. The monoisotopic (exact) mass is 816 g/mol. The zero-order valence-electron chi connectivity index (χ0n) is 32.4. The molecule has 6 aromatic rings. The normalized spacial score (nSPS) is 14.8. The van der Waals surface area contributed by atoms with E-state index in [0.717, 1.165) is 64.7 Å². The summed E-state index contributed by atoms with van der Waals surface area (Å²) in [5.74, 6) is 2.69. The molecular formula is C39H43F3N12O5. The van der Waals surface area contributed by atoms with Crippen molar-refractivity contribution in [3.8, 4) is 17.2 Å². The van der Waals surface area contributed by atoms with Gasteiger partial charge < -0.3 is 34.6 Å². The van der Waals surface area contributed by atoms with E-state index in [0.29, 0.717) is 57.0 Å². The number of nitrogens with zero attached hydrogens (tertiary/aromatic N) is 8. The summed E-state index contributed by atoms with van der Waals surface area (Å²) in [4.78, 5) is 47.4. The highest BCUT2D eigenvalue weighted by Gasteiger charge is 2.31. The van der Waals surface area contributed by atoms with E-state index in [2.05, 4.69) is 60.5 Å². The molecule has 20 heteroatoms. The molecule has 59 heavy (non-hydrogen) atoms. The van der Waals surface area contributed by atoms with Crippen LogP contribution in [0.2, 0.25) is 0 Å². The first-order chi connectivity index (χ1) is 28.6. The molecule has 2 aliphatic heterocycles. The molecule has 310 valence electrons. The van der Waals surface area contributed by atoms with Crippen LogP contribution in [-0.2, 0) is 0 Å². The van der Waals surface area contributed by atoms with Crippen molar-refractivity contribution in [3.63, 3.8) is 0 Å². The van der Waals surface area contributed by atoms with Crippen LogP contribution < -0.4 is 45.8 Å². The standard InChI is InChI=1S/C20H24N6O3.C19H19F3N6O2/c1-28-14-9-13(10-15(11-14)29-2)22-18-17-16(12-21-25-19(17)27)23-20(24-18)26-7-5-3-4-6-8-26;20-19(21,22)30-13-7-5-12(6-8-13)24-16-15-14(11-23-27-17(15)29)25-18(26-16)28-9-3-1-2-4-10-28/h9-12H,3-8H2,1-2H3,(H,25,27)(H,22,23,24);5-8,11H,1-4,9-10H2,(H,27,29)(H,24,25,26). The number of nitrogens with one attached hydrogen (secondary N) is 4. The maximum absolute atomic E-state index is 12.5. The van der Waals surface area contributed by atoms with Crippen LogP contribution in [0.25, 0.3) is 21.8 Å². The second kappa shape index (κ2) is 18.2. The van der Waals surface area contributed by atoms with E-state index in [1.165, 1.54) is 43.3 Å². The molecule has 0 spiro atoms. The lowest BCUT2D eigenvalue weighted by Crippen LogP contribution is -2.26. The van der Waals surface area contributed by atoms with E-state index >= 15 is 0 Å². The van der Waals surface area contributed by atoms with Crippen molar-refractivity contribution in [2.75, 3.05) is 60.8 Å². The Balaban J connectivity index is 0.000000179. The van der Waals surface area contributed by atoms with Crippen LogP contribution in [0, 0.1) is 0 Å². The summed E-state index contributed by atoms with van der Waals surface area (Å²) in [7, 11) is 3.18. The Labute approximate surface area is 335 Å². The summed E-state index contributed by atoms with van der Waals surface area (Å²) in [6, 6.07) is 10.6. The third kappa shape index (κ3) is 10.2. The van der Waals surface area contributed by atoms with Gasteiger partial charge in [0.1, 0.15) is 50.7 Å². The number of rotatable bonds is 9. The fourth-order valence-corrected chi connectivity index (χ4v) is 6.88. The molecule has 0 unspecified atom stereocenters. The van der Waals surface area contributed by atoms with Crippen molar-refractivity contribution in [1.82, 2.24) is 40.3 Å². The van der Waals surface area contributed by atoms with E-state index in [9.17, 15) is 22.8 Å². The fraction of sp³-hybridized carbons (Fsp3) is 0.385. The first-order valence-electron chi connectivity index (χ1n) is 19.2. The van der Waals surface area contributed by atoms with Gasteiger partial charge in [-0.15, -0.1) is 13.2 Å². The zero-order valence-corrected chi connectivity index (χ0v) is 32.4. The van der Waals surface area contributed by atoms with Gasteiger partial charge >= 0.3 is 6.36 Å². The van der Waals surface area contributed by atoms with Crippen LogP contribution in [0.1, 0.15) is 51.4 Å². The van der Waals surface area contributed by atoms with Crippen LogP contribution in [0.5, 0.6) is 17.2 Å². The third-order valence-corrected chi connectivity index (χ3v) is 9.75. The molecule has 2 aliphatic rings. The average molecular weight is 817 g/mol. The predicted molar refractivity (Wildman–Crippen MR) is 217 cm³/mol. The molecule has 4 aromatic heterocycles. The number of halogens is 3. The highest BCUT2D eigenvalue weighted by molar-refractivity contribution is 5.91. The number of ether oxygens (including phenoxy) is 3. The zero-order chi connectivity index (χ0) is 41.4. The number of hydrogen-bond acceptors (Lipinski definition) is 15. The van der Waals surface area contributed by atoms with E-state index < -0.39 is 11.9 Å². The lowest BCUT2D eigenvalue weighted by atomic mass is 10.2. The molecule has 2 aromatic carbocycles. The van der Waals surface area contributed by atoms with Crippen LogP contribution in [0.4, 0.5) is 48.1 Å². The summed E-state index contributed by atoms with van der Waals surface area (Å²) in [6.07, 6.45) is 7.20. The highest BCUT2D eigenvalue weighted by atomic mass is 19.4.